The third kappa shape index (κ3) is 4.32. The highest BCUT2D eigenvalue weighted by molar-refractivity contribution is 5.86. The molecule has 0 aliphatic carbocycles. The maximum Gasteiger partial charge on any atom is 0.326 e. The van der Waals surface area contributed by atoms with Gasteiger partial charge >= 0.3 is 5.97 Å². The van der Waals surface area contributed by atoms with Crippen molar-refractivity contribution in [3.8, 4) is 0 Å². The number of carbonyl (C=O) groups is 2. The number of carboxylic acids is 1. The summed E-state index contributed by atoms with van der Waals surface area (Å²) in [5.41, 5.74) is 6.75. The van der Waals surface area contributed by atoms with Gasteiger partial charge in [0, 0.05) is 20.1 Å². The molecule has 0 saturated carbocycles. The Morgan fingerprint density at radius 3 is 2.40 bits per heavy atom. The Morgan fingerprint density at radius 1 is 1.30 bits per heavy atom. The van der Waals surface area contributed by atoms with Crippen molar-refractivity contribution < 1.29 is 19.8 Å². The van der Waals surface area contributed by atoms with E-state index >= 15 is 0 Å². The van der Waals surface area contributed by atoms with Gasteiger partial charge in [0.25, 0.3) is 0 Å². The SMILES string of the molecule is CN(C(=O)[C@@H](N)Cc1ccccc1)[C@@H](CCO)C(=O)O. The first-order valence-corrected chi connectivity index (χ1v) is 6.37. The van der Waals surface area contributed by atoms with Crippen LogP contribution in [0.25, 0.3) is 0 Å². The van der Waals surface area contributed by atoms with E-state index in [1.54, 1.807) is 0 Å². The minimum absolute atomic E-state index is 0.0182. The highest BCUT2D eigenvalue weighted by Gasteiger charge is 2.29. The van der Waals surface area contributed by atoms with Crippen LogP contribution in [0.3, 0.4) is 0 Å². The third-order valence-corrected chi connectivity index (χ3v) is 3.12. The van der Waals surface area contributed by atoms with E-state index < -0.39 is 24.0 Å². The van der Waals surface area contributed by atoms with Crippen LogP contribution < -0.4 is 5.73 Å². The zero-order valence-corrected chi connectivity index (χ0v) is 11.4. The molecule has 20 heavy (non-hydrogen) atoms. The summed E-state index contributed by atoms with van der Waals surface area (Å²) in [5, 5.41) is 17.9. The van der Waals surface area contributed by atoms with Gasteiger partial charge in [-0.15, -0.1) is 0 Å². The first-order valence-electron chi connectivity index (χ1n) is 6.37. The molecule has 1 aromatic rings. The van der Waals surface area contributed by atoms with E-state index in [1.807, 2.05) is 30.3 Å². The van der Waals surface area contributed by atoms with Gasteiger partial charge in [0.1, 0.15) is 6.04 Å². The molecule has 1 rings (SSSR count). The first kappa shape index (κ1) is 16.1. The van der Waals surface area contributed by atoms with Crippen molar-refractivity contribution >= 4 is 11.9 Å². The lowest BCUT2D eigenvalue weighted by Gasteiger charge is -2.27. The van der Waals surface area contributed by atoms with Gasteiger partial charge in [-0.25, -0.2) is 4.79 Å². The minimum Gasteiger partial charge on any atom is -0.480 e. The Balaban J connectivity index is 2.69. The molecule has 0 aliphatic heterocycles. The Hall–Kier alpha value is -1.92. The second-order valence-corrected chi connectivity index (χ2v) is 4.61. The van der Waals surface area contributed by atoms with Crippen LogP contribution in [0.1, 0.15) is 12.0 Å². The van der Waals surface area contributed by atoms with Gasteiger partial charge in [0.2, 0.25) is 5.91 Å². The average molecular weight is 280 g/mol. The maximum atomic E-state index is 12.1. The number of nitrogens with two attached hydrogens (primary N) is 1. The van der Waals surface area contributed by atoms with Crippen molar-refractivity contribution in [1.29, 1.82) is 0 Å². The normalized spacial score (nSPS) is 13.6. The van der Waals surface area contributed by atoms with Crippen LogP contribution in [0, 0.1) is 0 Å². The lowest BCUT2D eigenvalue weighted by atomic mass is 10.0. The van der Waals surface area contributed by atoms with Crippen LogP contribution in [-0.2, 0) is 16.0 Å². The van der Waals surface area contributed by atoms with Crippen LogP contribution in [-0.4, -0.2) is 52.7 Å². The molecule has 2 atom stereocenters. The quantitative estimate of drug-likeness (QED) is 0.644. The Kier molecular flexibility index (Phi) is 6.14. The molecule has 0 saturated heterocycles. The number of hydrogen-bond acceptors (Lipinski definition) is 4. The van der Waals surface area contributed by atoms with Crippen LogP contribution in [0.5, 0.6) is 0 Å². The van der Waals surface area contributed by atoms with Crippen molar-refractivity contribution in [1.82, 2.24) is 4.90 Å². The van der Waals surface area contributed by atoms with E-state index in [2.05, 4.69) is 0 Å². The van der Waals surface area contributed by atoms with E-state index in [-0.39, 0.29) is 13.0 Å². The number of aliphatic hydroxyl groups excluding tert-OH is 1. The van der Waals surface area contributed by atoms with Gasteiger partial charge in [-0.05, 0) is 12.0 Å². The molecule has 0 bridgehead atoms. The number of rotatable bonds is 7. The molecule has 110 valence electrons. The van der Waals surface area contributed by atoms with Crippen LogP contribution in [0.2, 0.25) is 0 Å². The third-order valence-electron chi connectivity index (χ3n) is 3.12. The minimum atomic E-state index is -1.15. The Morgan fingerprint density at radius 2 is 1.90 bits per heavy atom. The number of benzene rings is 1. The molecular formula is C14H20N2O4. The molecule has 1 amide bonds. The number of hydrogen-bond donors (Lipinski definition) is 3. The molecule has 4 N–H and O–H groups in total. The summed E-state index contributed by atoms with van der Waals surface area (Å²) in [6, 6.07) is 7.41. The van der Waals surface area contributed by atoms with Crippen molar-refractivity contribution in [2.24, 2.45) is 5.73 Å². The summed E-state index contributed by atoms with van der Waals surface area (Å²) < 4.78 is 0. The second kappa shape index (κ2) is 7.62. The topological polar surface area (TPSA) is 104 Å². The highest BCUT2D eigenvalue weighted by Crippen LogP contribution is 2.08. The monoisotopic (exact) mass is 280 g/mol. The Bertz CT molecular complexity index is 450. The summed E-state index contributed by atoms with van der Waals surface area (Å²) in [6.45, 7) is -0.303. The lowest BCUT2D eigenvalue weighted by molar-refractivity contribution is -0.150. The zero-order chi connectivity index (χ0) is 15.1. The molecule has 1 aromatic carbocycles. The molecule has 0 aliphatic rings. The highest BCUT2D eigenvalue weighted by atomic mass is 16.4. The molecule has 6 heteroatoms. The molecular weight excluding hydrogens is 260 g/mol. The van der Waals surface area contributed by atoms with Crippen LogP contribution in [0.4, 0.5) is 0 Å². The fourth-order valence-electron chi connectivity index (χ4n) is 1.98. The lowest BCUT2D eigenvalue weighted by Crippen LogP contribution is -2.50. The van der Waals surface area contributed by atoms with E-state index in [0.29, 0.717) is 6.42 Å². The van der Waals surface area contributed by atoms with Crippen molar-refractivity contribution in [2.75, 3.05) is 13.7 Å². The largest absolute Gasteiger partial charge is 0.480 e. The van der Waals surface area contributed by atoms with E-state index in [9.17, 15) is 9.59 Å². The summed E-state index contributed by atoms with van der Waals surface area (Å²) >= 11 is 0. The molecule has 0 heterocycles. The zero-order valence-electron chi connectivity index (χ0n) is 11.4. The summed E-state index contributed by atoms with van der Waals surface area (Å²) in [6.07, 6.45) is 0.325. The molecule has 6 nitrogen and oxygen atoms in total. The van der Waals surface area contributed by atoms with Crippen molar-refractivity contribution in [2.45, 2.75) is 24.9 Å². The number of carboxylic acid groups (broad SMARTS) is 1. The van der Waals surface area contributed by atoms with E-state index in [1.165, 1.54) is 7.05 Å². The fraction of sp³-hybridized carbons (Fsp3) is 0.429. The van der Waals surface area contributed by atoms with Crippen molar-refractivity contribution in [3.05, 3.63) is 35.9 Å². The second-order valence-electron chi connectivity index (χ2n) is 4.61. The van der Waals surface area contributed by atoms with Gasteiger partial charge in [0.15, 0.2) is 0 Å². The summed E-state index contributed by atoms with van der Waals surface area (Å²) in [4.78, 5) is 24.3. The van der Waals surface area contributed by atoms with Gasteiger partial charge in [-0.1, -0.05) is 30.3 Å². The number of nitrogens with zero attached hydrogens (tertiary/aromatic N) is 1. The maximum absolute atomic E-state index is 12.1. The van der Waals surface area contributed by atoms with Gasteiger partial charge in [-0.2, -0.15) is 0 Å². The first-order chi connectivity index (χ1) is 9.47. The van der Waals surface area contributed by atoms with E-state index in [4.69, 9.17) is 15.9 Å². The number of likely N-dealkylation sites (N-methyl/N-ethyl adjacent to an activating group) is 1. The number of aliphatic hydroxyl groups is 1. The summed E-state index contributed by atoms with van der Waals surface area (Å²) in [7, 11) is 1.39. The van der Waals surface area contributed by atoms with E-state index in [0.717, 1.165) is 10.5 Å². The standard InChI is InChI=1S/C14H20N2O4/c1-16(12(7-8-17)14(19)20)13(18)11(15)9-10-5-3-2-4-6-10/h2-6,11-12,17H,7-9,15H2,1H3,(H,19,20)/t11-,12-/m0/s1. The number of aliphatic carboxylic acids is 1. The summed E-state index contributed by atoms with van der Waals surface area (Å²) in [5.74, 6) is -1.60. The fourth-order valence-corrected chi connectivity index (χ4v) is 1.98. The van der Waals surface area contributed by atoms with Gasteiger partial charge in [0.05, 0.1) is 6.04 Å². The smallest absolute Gasteiger partial charge is 0.326 e. The molecule has 0 spiro atoms. The van der Waals surface area contributed by atoms with Gasteiger partial charge in [-0.3, -0.25) is 4.79 Å². The molecule has 0 unspecified atom stereocenters. The van der Waals surface area contributed by atoms with Crippen molar-refractivity contribution in [3.63, 3.8) is 0 Å². The van der Waals surface area contributed by atoms with Gasteiger partial charge < -0.3 is 20.8 Å². The Labute approximate surface area is 117 Å². The van der Waals surface area contributed by atoms with Crippen LogP contribution >= 0.6 is 0 Å². The molecule has 0 radical (unpaired) electrons. The number of amides is 1. The number of carbonyl (C=O) groups excluding carboxylic acids is 1. The van der Waals surface area contributed by atoms with Crippen LogP contribution in [0.15, 0.2) is 30.3 Å². The predicted octanol–water partition coefficient (Wildman–Crippen LogP) is -0.150. The molecule has 0 aromatic heterocycles. The predicted molar refractivity (Wildman–Crippen MR) is 74.0 cm³/mol. The molecule has 0 fully saturated rings. The average Bonchev–Trinajstić information content (AvgIpc) is 2.44.